The minimum atomic E-state index is -1.25. The third-order valence-electron chi connectivity index (χ3n) is 23.2. The van der Waals surface area contributed by atoms with E-state index in [1.807, 2.05) is 97.1 Å². The quantitative estimate of drug-likeness (QED) is 0.134. The summed E-state index contributed by atoms with van der Waals surface area (Å²) in [5.74, 6) is -0.933. The van der Waals surface area contributed by atoms with Crippen molar-refractivity contribution in [3.63, 3.8) is 0 Å². The third-order valence-corrected chi connectivity index (χ3v) is 23.2. The Morgan fingerprint density at radius 1 is 0.310 bits per heavy atom. The van der Waals surface area contributed by atoms with Gasteiger partial charge in [0, 0.05) is 83.8 Å². The van der Waals surface area contributed by atoms with E-state index in [0.29, 0.717) is 34.3 Å². The molecular weight excluding hydrogens is 1360 g/mol. The number of anilines is 6. The molecule has 0 bridgehead atoms. The molecule has 0 radical (unpaired) electrons. The predicted molar refractivity (Wildman–Crippen MR) is 482 cm³/mol. The lowest BCUT2D eigenvalue weighted by Crippen LogP contribution is -2.61. The maximum Gasteiger partial charge on any atom is 0.252 e. The molecule has 0 unspecified atom stereocenters. The highest BCUT2D eigenvalue weighted by atomic mass is 15.2. The van der Waals surface area contributed by atoms with Crippen LogP contribution in [-0.4, -0.2) is 15.8 Å². The molecule has 113 heavy (non-hydrogen) atoms. The molecule has 2 aliphatic heterocycles. The molecule has 2 aromatic heterocycles. The van der Waals surface area contributed by atoms with Crippen LogP contribution in [0.2, 0.25) is 0 Å². The summed E-state index contributed by atoms with van der Waals surface area (Å²) in [5.41, 5.74) is 4.56. The lowest BCUT2D eigenvalue weighted by molar-refractivity contribution is 0.590. The first kappa shape index (κ1) is 47.0. The Morgan fingerprint density at radius 3 is 0.929 bits per heavy atom. The zero-order valence-corrected chi connectivity index (χ0v) is 64.8. The molecule has 0 saturated carbocycles. The molecule has 0 saturated heterocycles. The monoisotopic (exact) mass is 1480 g/mol. The average Bonchev–Trinajstić information content (AvgIpc) is 0.761. The second kappa shape index (κ2) is 26.1. The predicted octanol–water partition coefficient (Wildman–Crippen LogP) is 26.9. The Labute approximate surface area is 702 Å². The van der Waals surface area contributed by atoms with Crippen LogP contribution in [0.3, 0.4) is 0 Å². The summed E-state index contributed by atoms with van der Waals surface area (Å²) in [6, 6.07) is 32.3. The van der Waals surface area contributed by atoms with Gasteiger partial charge in [-0.15, -0.1) is 0 Å². The van der Waals surface area contributed by atoms with Crippen LogP contribution in [0.4, 0.5) is 34.1 Å². The van der Waals surface area contributed by atoms with Gasteiger partial charge >= 0.3 is 0 Å². The molecule has 20 rings (SSSR count). The third kappa shape index (κ3) is 11.5. The van der Waals surface area contributed by atoms with E-state index in [0.717, 1.165) is 88.1 Å². The van der Waals surface area contributed by atoms with Crippen molar-refractivity contribution >= 4 is 101 Å². The molecule has 5 heteroatoms. The Kier molecular flexibility index (Phi) is 10.9. The Balaban J connectivity index is 1.08. The van der Waals surface area contributed by atoms with Crippen molar-refractivity contribution in [1.82, 2.24) is 9.13 Å². The smallest absolute Gasteiger partial charge is 0.252 e. The normalized spacial score (nSPS) is 16.8. The highest BCUT2D eigenvalue weighted by Crippen LogP contribution is 2.56. The standard InChI is InChI=1S/C108H93BN4/c1-105(2,3)75-47-55-93-87(62-75)88-63-76(106(4,5)6)48-56-94(88)110(93)79-51-53-91-97(66-79)112(103-83(68-31-17-13-18-32-68)43-29-44-84(103)69-33-19-14-20-34-69)99-60-74(101-81-41-27-25-39-72(81)59-73-40-26-28-42-82(73)101)61-100-102(99)109(91)92-54-52-80(111-95-57-49-77(107(7,8)9)64-89(95)90-65-78(108(10,11)12)50-58-96(90)111)67-98(92)113(100)104-85(70-35-21-15-22-36-70)45-30-46-86(104)71-37-23-16-24-38-71/h13-58,60-67,101H,59H2,1-12H3/i13D,14D,15D,16D,17D,18D,19D,20D,21D,22D,23D,24D,29D,30D,31D,32D,33D,34D,35D,36D,37D,38D,43D,44D,45D,46D. The van der Waals surface area contributed by atoms with Gasteiger partial charge in [-0.2, -0.15) is 0 Å². The van der Waals surface area contributed by atoms with E-state index in [4.69, 9.17) is 0 Å². The fourth-order valence-corrected chi connectivity index (χ4v) is 17.5. The van der Waals surface area contributed by atoms with Crippen LogP contribution < -0.4 is 26.2 Å². The molecule has 1 aliphatic carbocycles. The number of benzene rings is 15. The van der Waals surface area contributed by atoms with Crippen LogP contribution in [0.5, 0.6) is 0 Å². The van der Waals surface area contributed by atoms with Crippen molar-refractivity contribution in [2.75, 3.05) is 9.80 Å². The molecule has 548 valence electrons. The summed E-state index contributed by atoms with van der Waals surface area (Å²) in [4.78, 5) is 3.20. The molecule has 0 amide bonds. The van der Waals surface area contributed by atoms with E-state index < -0.39 is 226 Å². The van der Waals surface area contributed by atoms with Crippen LogP contribution in [-0.2, 0) is 28.1 Å². The lowest BCUT2D eigenvalue weighted by Gasteiger charge is -2.46. The van der Waals surface area contributed by atoms with Crippen molar-refractivity contribution < 1.29 is 35.6 Å². The average molecular weight is 1480 g/mol. The number of para-hydroxylation sites is 2. The van der Waals surface area contributed by atoms with Gasteiger partial charge in [-0.1, -0.05) is 325 Å². The van der Waals surface area contributed by atoms with Crippen molar-refractivity contribution in [2.24, 2.45) is 0 Å². The topological polar surface area (TPSA) is 16.3 Å². The molecule has 0 fully saturated rings. The van der Waals surface area contributed by atoms with Gasteiger partial charge < -0.3 is 18.9 Å². The summed E-state index contributed by atoms with van der Waals surface area (Å²) in [5, 5.41) is 3.47. The summed E-state index contributed by atoms with van der Waals surface area (Å²) in [6.45, 7) is 24.3. The van der Waals surface area contributed by atoms with E-state index >= 15 is 0 Å². The Bertz CT molecular complexity index is 7460. The highest BCUT2D eigenvalue weighted by Gasteiger charge is 2.47. The Morgan fingerprint density at radius 2 is 0.619 bits per heavy atom. The molecule has 4 nitrogen and oxygen atoms in total. The van der Waals surface area contributed by atoms with Crippen LogP contribution >= 0.6 is 0 Å². The highest BCUT2D eigenvalue weighted by molar-refractivity contribution is 7.00. The lowest BCUT2D eigenvalue weighted by atomic mass is 9.33. The summed E-state index contributed by atoms with van der Waals surface area (Å²) in [7, 11) is 0. The van der Waals surface area contributed by atoms with Gasteiger partial charge in [0.15, 0.2) is 0 Å². The minimum absolute atomic E-state index is 0.00256. The molecule has 3 aliphatic rings. The molecule has 17 aromatic rings. The summed E-state index contributed by atoms with van der Waals surface area (Å²) >= 11 is 0. The fraction of sp³-hybridized carbons (Fsp3) is 0.167. The zero-order valence-electron chi connectivity index (χ0n) is 90.8. The van der Waals surface area contributed by atoms with Gasteiger partial charge in [-0.3, -0.25) is 0 Å². The van der Waals surface area contributed by atoms with Crippen molar-refractivity contribution in [3.8, 4) is 55.9 Å². The molecule has 0 spiro atoms. The molecular formula is C108H93BN4. The second-order valence-corrected chi connectivity index (χ2v) is 34.1. The van der Waals surface area contributed by atoms with Crippen LogP contribution in [0.25, 0.3) is 99.5 Å². The van der Waals surface area contributed by atoms with E-state index in [1.54, 1.807) is 9.80 Å². The van der Waals surface area contributed by atoms with Crippen molar-refractivity contribution in [2.45, 2.75) is 117 Å². The van der Waals surface area contributed by atoms with Crippen LogP contribution in [0, 0.1) is 0 Å². The van der Waals surface area contributed by atoms with E-state index in [2.05, 4.69) is 165 Å². The zero-order chi connectivity index (χ0) is 99.8. The number of hydrogen-bond acceptors (Lipinski definition) is 2. The Hall–Kier alpha value is -12.4. The molecule has 0 N–H and O–H groups in total. The number of aromatic nitrogens is 2. The molecule has 15 aromatic carbocycles. The number of nitrogens with zero attached hydrogens (tertiary/aromatic N) is 4. The fourth-order valence-electron chi connectivity index (χ4n) is 17.5. The summed E-state index contributed by atoms with van der Waals surface area (Å²) < 4.78 is 263. The van der Waals surface area contributed by atoms with Gasteiger partial charge in [-0.05, 0) is 202 Å². The largest absolute Gasteiger partial charge is 0.310 e. The number of rotatable bonds is 9. The first-order valence-electron chi connectivity index (χ1n) is 51.4. The maximum absolute atomic E-state index is 10.8. The van der Waals surface area contributed by atoms with Gasteiger partial charge in [0.25, 0.3) is 6.71 Å². The van der Waals surface area contributed by atoms with E-state index in [1.165, 1.54) is 0 Å². The van der Waals surface area contributed by atoms with Gasteiger partial charge in [0.1, 0.15) is 0 Å². The van der Waals surface area contributed by atoms with Gasteiger partial charge in [0.2, 0.25) is 0 Å². The second-order valence-electron chi connectivity index (χ2n) is 34.1. The SMILES string of the molecule is [2H]c1c([2H])c([2H])c(-c2c([2H])c([2H])c([2H])c(-c3c([2H])c([2H])c([2H])c([2H])c3[2H])c2N2c3cc(-n4c5ccc(C(C)(C)C)cc5c5cc(C(C)(C)C)ccc54)ccc3B3c4ccc(-n5c6ccc(C(C)(C)C)cc6c6cc(C(C)(C)C)ccc65)cc4N(c4c(-c5c([2H])c([2H])c([2H])c([2H])c5[2H])c([2H])c([2H])c([2H])c4-c4c([2H])c([2H])c([2H])c([2H])c4[2H])c4cc(C5c6ccccc6Cc6ccccc65)cc2c43)c([2H])c1[2H]. The molecule has 0 atom stereocenters. The van der Waals surface area contributed by atoms with Crippen molar-refractivity contribution in [3.05, 3.63) is 377 Å². The minimum Gasteiger partial charge on any atom is -0.310 e. The van der Waals surface area contributed by atoms with Gasteiger partial charge in [-0.25, -0.2) is 0 Å². The van der Waals surface area contributed by atoms with Gasteiger partial charge in [0.05, 0.1) is 69.1 Å². The first-order valence-corrected chi connectivity index (χ1v) is 38.4. The maximum atomic E-state index is 10.8. The number of hydrogen-bond donors (Lipinski definition) is 0. The van der Waals surface area contributed by atoms with E-state index in [9.17, 15) is 35.6 Å². The first-order chi connectivity index (χ1) is 65.4. The summed E-state index contributed by atoms with van der Waals surface area (Å²) in [6.07, 6.45) is 0.407. The molecule has 4 heterocycles. The van der Waals surface area contributed by atoms with Crippen LogP contribution in [0.15, 0.2) is 327 Å². The van der Waals surface area contributed by atoms with Crippen LogP contribution in [0.1, 0.15) is 175 Å². The van der Waals surface area contributed by atoms with Crippen molar-refractivity contribution in [1.29, 1.82) is 0 Å². The van der Waals surface area contributed by atoms with E-state index in [-0.39, 0.29) is 49.9 Å². The number of fused-ring (bicyclic) bond motifs is 12.